The summed E-state index contributed by atoms with van der Waals surface area (Å²) in [4.78, 5) is 23.7. The molecule has 0 unspecified atom stereocenters. The van der Waals surface area contributed by atoms with Crippen molar-refractivity contribution in [3.8, 4) is 0 Å². The summed E-state index contributed by atoms with van der Waals surface area (Å²) in [6.07, 6.45) is 0.425. The maximum atomic E-state index is 13.1. The number of hydrogen-bond acceptors (Lipinski definition) is 2. The normalized spacial score (nSPS) is 10.5. The Morgan fingerprint density at radius 1 is 0.917 bits per heavy atom. The van der Waals surface area contributed by atoms with Gasteiger partial charge in [-0.25, -0.2) is 8.78 Å². The minimum Gasteiger partial charge on any atom is -0.326 e. The van der Waals surface area contributed by atoms with Gasteiger partial charge in [0.1, 0.15) is 0 Å². The molecule has 6 heteroatoms. The van der Waals surface area contributed by atoms with Crippen molar-refractivity contribution in [2.45, 2.75) is 20.3 Å². The zero-order chi connectivity index (χ0) is 17.7. The van der Waals surface area contributed by atoms with Gasteiger partial charge < -0.3 is 10.6 Å². The smallest absolute Gasteiger partial charge is 0.255 e. The van der Waals surface area contributed by atoms with Crippen molar-refractivity contribution in [2.24, 2.45) is 5.92 Å². The fourth-order valence-corrected chi connectivity index (χ4v) is 2.06. The molecule has 0 aliphatic carbocycles. The third kappa shape index (κ3) is 4.87. The Balaban J connectivity index is 1.99. The maximum absolute atomic E-state index is 13.1. The molecule has 0 atom stereocenters. The van der Waals surface area contributed by atoms with Crippen LogP contribution in [0.3, 0.4) is 0 Å². The van der Waals surface area contributed by atoms with Gasteiger partial charge in [-0.15, -0.1) is 0 Å². The molecule has 2 N–H and O–H groups in total. The second kappa shape index (κ2) is 7.68. The van der Waals surface area contributed by atoms with E-state index in [1.165, 1.54) is 6.07 Å². The minimum absolute atomic E-state index is 0.0169. The largest absolute Gasteiger partial charge is 0.326 e. The van der Waals surface area contributed by atoms with E-state index in [0.717, 1.165) is 12.1 Å². The van der Waals surface area contributed by atoms with Gasteiger partial charge in [0.15, 0.2) is 11.6 Å². The van der Waals surface area contributed by atoms with E-state index in [1.54, 1.807) is 24.3 Å². The van der Waals surface area contributed by atoms with Crippen molar-refractivity contribution in [1.82, 2.24) is 0 Å². The number of amides is 2. The van der Waals surface area contributed by atoms with E-state index < -0.39 is 17.5 Å². The van der Waals surface area contributed by atoms with E-state index in [-0.39, 0.29) is 17.4 Å². The molecule has 0 spiro atoms. The number of rotatable bonds is 5. The number of carbonyl (C=O) groups excluding carboxylic acids is 2. The van der Waals surface area contributed by atoms with Crippen molar-refractivity contribution in [3.05, 3.63) is 59.7 Å². The predicted octanol–water partition coefficient (Wildman–Crippen LogP) is 4.20. The van der Waals surface area contributed by atoms with Crippen molar-refractivity contribution < 1.29 is 18.4 Å². The maximum Gasteiger partial charge on any atom is 0.255 e. The average Bonchev–Trinajstić information content (AvgIpc) is 2.51. The average molecular weight is 332 g/mol. The van der Waals surface area contributed by atoms with Crippen LogP contribution in [-0.4, -0.2) is 11.8 Å². The first-order valence-corrected chi connectivity index (χ1v) is 7.51. The van der Waals surface area contributed by atoms with Crippen LogP contribution < -0.4 is 10.6 Å². The minimum atomic E-state index is -1.08. The van der Waals surface area contributed by atoms with E-state index in [2.05, 4.69) is 10.6 Å². The van der Waals surface area contributed by atoms with Crippen LogP contribution in [0.1, 0.15) is 30.6 Å². The fraction of sp³-hybridized carbons (Fsp3) is 0.222. The molecule has 2 amide bonds. The van der Waals surface area contributed by atoms with Crippen LogP contribution in [0.4, 0.5) is 20.2 Å². The third-order valence-electron chi connectivity index (χ3n) is 3.20. The summed E-state index contributed by atoms with van der Waals surface area (Å²) in [5.74, 6) is -2.45. The number of carbonyl (C=O) groups is 2. The zero-order valence-corrected chi connectivity index (χ0v) is 13.4. The first-order chi connectivity index (χ1) is 11.3. The van der Waals surface area contributed by atoms with E-state index in [9.17, 15) is 18.4 Å². The molecule has 0 aliphatic heterocycles. The van der Waals surface area contributed by atoms with Gasteiger partial charge in [-0.1, -0.05) is 13.8 Å². The lowest BCUT2D eigenvalue weighted by Gasteiger charge is -2.09. The molecule has 0 radical (unpaired) electrons. The summed E-state index contributed by atoms with van der Waals surface area (Å²) in [6.45, 7) is 3.91. The van der Waals surface area contributed by atoms with Gasteiger partial charge >= 0.3 is 0 Å². The van der Waals surface area contributed by atoms with Crippen molar-refractivity contribution in [1.29, 1.82) is 0 Å². The lowest BCUT2D eigenvalue weighted by molar-refractivity contribution is -0.116. The summed E-state index contributed by atoms with van der Waals surface area (Å²) >= 11 is 0. The van der Waals surface area contributed by atoms with E-state index in [0.29, 0.717) is 17.8 Å². The molecule has 24 heavy (non-hydrogen) atoms. The van der Waals surface area contributed by atoms with Gasteiger partial charge in [0.25, 0.3) is 5.91 Å². The molecule has 0 saturated heterocycles. The Labute approximate surface area is 138 Å². The molecule has 126 valence electrons. The summed E-state index contributed by atoms with van der Waals surface area (Å²) in [5, 5.41) is 5.33. The Morgan fingerprint density at radius 3 is 2.04 bits per heavy atom. The molecule has 0 heterocycles. The topological polar surface area (TPSA) is 58.2 Å². The van der Waals surface area contributed by atoms with Gasteiger partial charge in [-0.05, 0) is 48.4 Å². The number of anilines is 2. The molecule has 2 aromatic carbocycles. The standard InChI is InChI=1S/C18H18F2N2O2/c1-11(2)9-17(23)21-13-4-6-14(7-5-13)22-18(24)12-3-8-15(19)16(20)10-12/h3-8,10-11H,9H2,1-2H3,(H,21,23)(H,22,24). The molecule has 4 nitrogen and oxygen atoms in total. The second-order valence-corrected chi connectivity index (χ2v) is 5.81. The van der Waals surface area contributed by atoms with Gasteiger partial charge in [0.2, 0.25) is 5.91 Å². The molecule has 0 aromatic heterocycles. The highest BCUT2D eigenvalue weighted by Gasteiger charge is 2.10. The summed E-state index contributed by atoms with van der Waals surface area (Å²) < 4.78 is 26.0. The van der Waals surface area contributed by atoms with Crippen LogP contribution in [0.2, 0.25) is 0 Å². The second-order valence-electron chi connectivity index (χ2n) is 5.81. The van der Waals surface area contributed by atoms with Gasteiger partial charge in [0, 0.05) is 23.4 Å². The molecule has 0 saturated carbocycles. The first-order valence-electron chi connectivity index (χ1n) is 7.51. The molecular weight excluding hydrogens is 314 g/mol. The van der Waals surface area contributed by atoms with E-state index in [4.69, 9.17) is 0 Å². The third-order valence-corrected chi connectivity index (χ3v) is 3.20. The highest BCUT2D eigenvalue weighted by Crippen LogP contribution is 2.16. The number of hydrogen-bond donors (Lipinski definition) is 2. The Hall–Kier alpha value is -2.76. The fourth-order valence-electron chi connectivity index (χ4n) is 2.06. The van der Waals surface area contributed by atoms with Crippen LogP contribution in [0, 0.1) is 17.6 Å². The molecule has 0 aliphatic rings. The highest BCUT2D eigenvalue weighted by atomic mass is 19.2. The van der Waals surface area contributed by atoms with Crippen molar-refractivity contribution >= 4 is 23.2 Å². The Kier molecular flexibility index (Phi) is 5.63. The predicted molar refractivity (Wildman–Crippen MR) is 88.8 cm³/mol. The summed E-state index contributed by atoms with van der Waals surface area (Å²) in [5.41, 5.74) is 1.11. The van der Waals surface area contributed by atoms with Gasteiger partial charge in [-0.3, -0.25) is 9.59 Å². The van der Waals surface area contributed by atoms with Crippen LogP contribution in [0.5, 0.6) is 0 Å². The molecule has 0 bridgehead atoms. The number of halogens is 2. The van der Waals surface area contributed by atoms with Crippen LogP contribution >= 0.6 is 0 Å². The SMILES string of the molecule is CC(C)CC(=O)Nc1ccc(NC(=O)c2ccc(F)c(F)c2)cc1. The Morgan fingerprint density at radius 2 is 1.50 bits per heavy atom. The van der Waals surface area contributed by atoms with E-state index >= 15 is 0 Å². The Bertz CT molecular complexity index is 743. The summed E-state index contributed by atoms with van der Waals surface area (Å²) in [7, 11) is 0. The summed E-state index contributed by atoms with van der Waals surface area (Å²) in [6, 6.07) is 9.47. The van der Waals surface area contributed by atoms with Crippen LogP contribution in [0.15, 0.2) is 42.5 Å². The first kappa shape index (κ1) is 17.6. The zero-order valence-electron chi connectivity index (χ0n) is 13.4. The van der Waals surface area contributed by atoms with E-state index in [1.807, 2.05) is 13.8 Å². The van der Waals surface area contributed by atoms with Crippen LogP contribution in [0.25, 0.3) is 0 Å². The quantitative estimate of drug-likeness (QED) is 0.862. The molecular formula is C18H18F2N2O2. The van der Waals surface area contributed by atoms with Crippen molar-refractivity contribution in [3.63, 3.8) is 0 Å². The highest BCUT2D eigenvalue weighted by molar-refractivity contribution is 6.04. The molecule has 2 aromatic rings. The lowest BCUT2D eigenvalue weighted by Crippen LogP contribution is -2.14. The molecule has 0 fully saturated rings. The molecule has 2 rings (SSSR count). The van der Waals surface area contributed by atoms with Crippen molar-refractivity contribution in [2.75, 3.05) is 10.6 Å². The van der Waals surface area contributed by atoms with Crippen LogP contribution in [-0.2, 0) is 4.79 Å². The number of nitrogens with one attached hydrogen (secondary N) is 2. The lowest BCUT2D eigenvalue weighted by atomic mass is 10.1. The van der Waals surface area contributed by atoms with Gasteiger partial charge in [0.05, 0.1) is 0 Å². The monoisotopic (exact) mass is 332 g/mol. The number of benzene rings is 2. The van der Waals surface area contributed by atoms with Gasteiger partial charge in [-0.2, -0.15) is 0 Å².